The van der Waals surface area contributed by atoms with Crippen molar-refractivity contribution in [2.75, 3.05) is 5.88 Å². The van der Waals surface area contributed by atoms with Crippen LogP contribution >= 0.6 is 11.6 Å². The van der Waals surface area contributed by atoms with Gasteiger partial charge in [0.25, 0.3) is 0 Å². The summed E-state index contributed by atoms with van der Waals surface area (Å²) in [6.07, 6.45) is 4.46. The van der Waals surface area contributed by atoms with E-state index in [0.717, 1.165) is 22.4 Å². The van der Waals surface area contributed by atoms with Gasteiger partial charge in [0, 0.05) is 36.7 Å². The van der Waals surface area contributed by atoms with Crippen LogP contribution in [0.2, 0.25) is 0 Å². The number of alkyl halides is 1. The average Bonchev–Trinajstić information content (AvgIpc) is 2.85. The number of rotatable bonds is 4. The molecular formula is C16H17ClN2O. The van der Waals surface area contributed by atoms with Crippen molar-refractivity contribution in [3.63, 3.8) is 0 Å². The molecule has 0 unspecified atom stereocenters. The summed E-state index contributed by atoms with van der Waals surface area (Å²) in [7, 11) is 1.89. The molecule has 1 aromatic carbocycles. The molecule has 0 amide bonds. The number of hydrogen-bond acceptors (Lipinski definition) is 2. The molecule has 0 saturated carbocycles. The summed E-state index contributed by atoms with van der Waals surface area (Å²) in [5.41, 5.74) is 3.18. The van der Waals surface area contributed by atoms with Crippen molar-refractivity contribution >= 4 is 11.6 Å². The van der Waals surface area contributed by atoms with E-state index in [1.807, 2.05) is 38.4 Å². The van der Waals surface area contributed by atoms with Gasteiger partial charge in [0.15, 0.2) is 0 Å². The second kappa shape index (κ2) is 7.02. The molecule has 2 aromatic rings. The minimum absolute atomic E-state index is 0.518. The molecule has 104 valence electrons. The molecule has 0 fully saturated rings. The molecule has 0 N–H and O–H groups in total. The zero-order valence-electron chi connectivity index (χ0n) is 11.7. The van der Waals surface area contributed by atoms with Gasteiger partial charge < -0.3 is 4.74 Å². The summed E-state index contributed by atoms with van der Waals surface area (Å²) in [5, 5.41) is 4.11. The van der Waals surface area contributed by atoms with Crippen LogP contribution in [0.4, 0.5) is 0 Å². The van der Waals surface area contributed by atoms with E-state index in [0.29, 0.717) is 18.9 Å². The van der Waals surface area contributed by atoms with E-state index in [1.165, 1.54) is 0 Å². The van der Waals surface area contributed by atoms with Crippen molar-refractivity contribution in [3.05, 3.63) is 47.3 Å². The van der Waals surface area contributed by atoms with Crippen LogP contribution in [0.5, 0.6) is 5.75 Å². The molecule has 1 heterocycles. The van der Waals surface area contributed by atoms with Crippen LogP contribution in [-0.2, 0) is 13.7 Å². The monoisotopic (exact) mass is 288 g/mol. The van der Waals surface area contributed by atoms with Gasteiger partial charge in [-0.2, -0.15) is 5.10 Å². The summed E-state index contributed by atoms with van der Waals surface area (Å²) in [6, 6.07) is 5.92. The van der Waals surface area contributed by atoms with Gasteiger partial charge >= 0.3 is 0 Å². The van der Waals surface area contributed by atoms with Crippen LogP contribution in [0.3, 0.4) is 0 Å². The lowest BCUT2D eigenvalue weighted by atomic mass is 10.1. The number of halogens is 1. The van der Waals surface area contributed by atoms with Crippen LogP contribution in [0.25, 0.3) is 0 Å². The van der Waals surface area contributed by atoms with Gasteiger partial charge in [0.1, 0.15) is 12.4 Å². The summed E-state index contributed by atoms with van der Waals surface area (Å²) in [5.74, 6) is 7.56. The Kier molecular flexibility index (Phi) is 5.09. The van der Waals surface area contributed by atoms with Crippen molar-refractivity contribution in [2.24, 2.45) is 7.05 Å². The Bertz CT molecular complexity index is 637. The molecule has 3 nitrogen and oxygen atoms in total. The fraction of sp³-hybridized carbons (Fsp3) is 0.312. The summed E-state index contributed by atoms with van der Waals surface area (Å²) < 4.78 is 7.51. The maximum Gasteiger partial charge on any atom is 0.120 e. The van der Waals surface area contributed by atoms with E-state index < -0.39 is 0 Å². The van der Waals surface area contributed by atoms with E-state index >= 15 is 0 Å². The summed E-state index contributed by atoms with van der Waals surface area (Å²) in [4.78, 5) is 0. The first-order valence-corrected chi connectivity index (χ1v) is 6.98. The Hall–Kier alpha value is -1.92. The van der Waals surface area contributed by atoms with Gasteiger partial charge in [-0.25, -0.2) is 0 Å². The molecule has 0 atom stereocenters. The standard InChI is InChI=1S/C16H17ClN2O/c1-13-9-16(7-6-15(13)5-3-4-8-17)20-12-14-10-18-19(2)11-14/h6-7,9-11H,4,8,12H2,1-2H3. The van der Waals surface area contributed by atoms with Crippen molar-refractivity contribution in [1.82, 2.24) is 9.78 Å². The third-order valence-corrected chi connectivity index (χ3v) is 2.99. The highest BCUT2D eigenvalue weighted by Gasteiger charge is 2.01. The molecule has 0 aliphatic rings. The van der Waals surface area contributed by atoms with E-state index in [2.05, 4.69) is 16.9 Å². The van der Waals surface area contributed by atoms with Crippen molar-refractivity contribution < 1.29 is 4.74 Å². The lowest BCUT2D eigenvalue weighted by Gasteiger charge is -2.06. The zero-order valence-corrected chi connectivity index (χ0v) is 12.4. The van der Waals surface area contributed by atoms with E-state index in [1.54, 1.807) is 10.9 Å². The van der Waals surface area contributed by atoms with Crippen LogP contribution < -0.4 is 4.74 Å². The fourth-order valence-electron chi connectivity index (χ4n) is 1.78. The van der Waals surface area contributed by atoms with Gasteiger partial charge in [-0.05, 0) is 30.7 Å². The molecule has 20 heavy (non-hydrogen) atoms. The lowest BCUT2D eigenvalue weighted by molar-refractivity contribution is 0.306. The number of benzene rings is 1. The van der Waals surface area contributed by atoms with Gasteiger partial charge in [0.2, 0.25) is 0 Å². The normalized spacial score (nSPS) is 9.95. The third-order valence-electron chi connectivity index (χ3n) is 2.80. The second-order valence-electron chi connectivity index (χ2n) is 4.53. The molecule has 0 saturated heterocycles. The van der Waals surface area contributed by atoms with Gasteiger partial charge in [0.05, 0.1) is 6.20 Å². The summed E-state index contributed by atoms with van der Waals surface area (Å²) in [6.45, 7) is 2.55. The van der Waals surface area contributed by atoms with Crippen LogP contribution in [-0.4, -0.2) is 15.7 Å². The highest BCUT2D eigenvalue weighted by molar-refractivity contribution is 6.18. The van der Waals surface area contributed by atoms with Crippen LogP contribution in [0.15, 0.2) is 30.6 Å². The third kappa shape index (κ3) is 4.04. The number of hydrogen-bond donors (Lipinski definition) is 0. The van der Waals surface area contributed by atoms with Crippen molar-refractivity contribution in [3.8, 4) is 17.6 Å². The maximum atomic E-state index is 5.74. The predicted molar refractivity (Wildman–Crippen MR) is 80.9 cm³/mol. The van der Waals surface area contributed by atoms with E-state index in [-0.39, 0.29) is 0 Å². The summed E-state index contributed by atoms with van der Waals surface area (Å²) >= 11 is 5.60. The highest BCUT2D eigenvalue weighted by atomic mass is 35.5. The van der Waals surface area contributed by atoms with Crippen LogP contribution in [0.1, 0.15) is 23.1 Å². The largest absolute Gasteiger partial charge is 0.489 e. The maximum absolute atomic E-state index is 5.74. The first kappa shape index (κ1) is 14.5. The number of aromatic nitrogens is 2. The topological polar surface area (TPSA) is 27.1 Å². The lowest BCUT2D eigenvalue weighted by Crippen LogP contribution is -1.95. The van der Waals surface area contributed by atoms with E-state index in [9.17, 15) is 0 Å². The molecule has 0 aliphatic heterocycles. The predicted octanol–water partition coefficient (Wildman–Crippen LogP) is 3.29. The first-order chi connectivity index (χ1) is 9.69. The Morgan fingerprint density at radius 2 is 2.25 bits per heavy atom. The Morgan fingerprint density at radius 1 is 1.40 bits per heavy atom. The van der Waals surface area contributed by atoms with E-state index in [4.69, 9.17) is 16.3 Å². The molecule has 0 radical (unpaired) electrons. The first-order valence-electron chi connectivity index (χ1n) is 6.45. The second-order valence-corrected chi connectivity index (χ2v) is 4.91. The van der Waals surface area contributed by atoms with Crippen LogP contribution in [0, 0.1) is 18.8 Å². The molecule has 0 spiro atoms. The smallest absolute Gasteiger partial charge is 0.120 e. The molecule has 0 bridgehead atoms. The average molecular weight is 289 g/mol. The Balaban J connectivity index is 2.00. The van der Waals surface area contributed by atoms with Gasteiger partial charge in [-0.15, -0.1) is 11.6 Å². The Morgan fingerprint density at radius 3 is 2.90 bits per heavy atom. The highest BCUT2D eigenvalue weighted by Crippen LogP contribution is 2.18. The van der Waals surface area contributed by atoms with Gasteiger partial charge in [-0.3, -0.25) is 4.68 Å². The molecular weight excluding hydrogens is 272 g/mol. The number of ether oxygens (including phenoxy) is 1. The molecule has 4 heteroatoms. The van der Waals surface area contributed by atoms with Crippen molar-refractivity contribution in [2.45, 2.75) is 20.0 Å². The SMILES string of the molecule is Cc1cc(OCc2cnn(C)c2)ccc1C#CCCCl. The number of nitrogens with zero attached hydrogens (tertiary/aromatic N) is 2. The molecule has 1 aromatic heterocycles. The van der Waals surface area contributed by atoms with Crippen molar-refractivity contribution in [1.29, 1.82) is 0 Å². The minimum Gasteiger partial charge on any atom is -0.489 e. The minimum atomic E-state index is 0.518. The molecule has 0 aliphatic carbocycles. The fourth-order valence-corrected chi connectivity index (χ4v) is 1.88. The molecule has 2 rings (SSSR count). The van der Waals surface area contributed by atoms with Gasteiger partial charge in [-0.1, -0.05) is 11.8 Å². The number of aryl methyl sites for hydroxylation is 2. The zero-order chi connectivity index (χ0) is 14.4. The quantitative estimate of drug-likeness (QED) is 0.638. The Labute approximate surface area is 124 Å².